The van der Waals surface area contributed by atoms with E-state index in [1.54, 1.807) is 0 Å². The number of benzene rings is 1. The number of carbonyl (C=O) groups excluding carboxylic acids is 2. The number of hydrogen-bond acceptors (Lipinski definition) is 4. The van der Waals surface area contributed by atoms with Crippen LogP contribution in [0.5, 0.6) is 0 Å². The fraction of sp³-hybridized carbons (Fsp3) is 0.560. The Hall–Kier alpha value is -2.85. The molecule has 1 saturated heterocycles. The maximum absolute atomic E-state index is 13.2. The largest absolute Gasteiger partial charge is 0.381 e. The molecule has 0 radical (unpaired) electrons. The van der Waals surface area contributed by atoms with Gasteiger partial charge in [0, 0.05) is 49.0 Å². The van der Waals surface area contributed by atoms with Crippen LogP contribution in [0.4, 0.5) is 0 Å². The van der Waals surface area contributed by atoms with Crippen molar-refractivity contribution in [3.63, 3.8) is 0 Å². The smallest absolute Gasteiger partial charge is 0.254 e. The molecule has 1 aromatic heterocycles. The van der Waals surface area contributed by atoms with E-state index in [-0.39, 0.29) is 24.9 Å². The molecule has 32 heavy (non-hydrogen) atoms. The molecular weight excluding hydrogens is 404 g/mol. The van der Waals surface area contributed by atoms with Crippen molar-refractivity contribution >= 4 is 22.7 Å². The summed E-state index contributed by atoms with van der Waals surface area (Å²) >= 11 is 0. The van der Waals surface area contributed by atoms with E-state index >= 15 is 0 Å². The third-order valence-electron chi connectivity index (χ3n) is 7.20. The van der Waals surface area contributed by atoms with Crippen molar-refractivity contribution in [2.75, 3.05) is 32.8 Å². The number of carbonyl (C=O) groups is 2. The molecule has 0 bridgehead atoms. The second kappa shape index (κ2) is 9.74. The monoisotopic (exact) mass is 436 g/mol. The second-order valence-electron chi connectivity index (χ2n) is 8.92. The predicted octanol–water partition coefficient (Wildman–Crippen LogP) is 2.81. The Morgan fingerprint density at radius 1 is 1.25 bits per heavy atom. The van der Waals surface area contributed by atoms with Gasteiger partial charge in [0.25, 0.3) is 5.91 Å². The molecular formula is C25H32N4O3. The molecule has 1 aliphatic carbocycles. The van der Waals surface area contributed by atoms with Crippen LogP contribution >= 0.6 is 0 Å². The molecule has 4 rings (SSSR count). The highest BCUT2D eigenvalue weighted by Crippen LogP contribution is 2.39. The van der Waals surface area contributed by atoms with Crippen molar-refractivity contribution in [3.8, 4) is 6.07 Å². The summed E-state index contributed by atoms with van der Waals surface area (Å²) in [5.74, 6) is 0.918. The van der Waals surface area contributed by atoms with Crippen LogP contribution in [-0.4, -0.2) is 54.1 Å². The topological polar surface area (TPSA) is 87.4 Å². The van der Waals surface area contributed by atoms with E-state index in [4.69, 9.17) is 10.00 Å². The van der Waals surface area contributed by atoms with Gasteiger partial charge in [-0.2, -0.15) is 5.26 Å². The van der Waals surface area contributed by atoms with E-state index in [9.17, 15) is 9.59 Å². The van der Waals surface area contributed by atoms with Crippen molar-refractivity contribution in [2.24, 2.45) is 18.9 Å². The van der Waals surface area contributed by atoms with Crippen LogP contribution in [-0.2, 0) is 29.4 Å². The number of ether oxygens (including phenoxy) is 1. The fourth-order valence-corrected chi connectivity index (χ4v) is 5.41. The first kappa shape index (κ1) is 22.3. The molecule has 1 fully saturated rings. The molecule has 0 spiro atoms. The van der Waals surface area contributed by atoms with Gasteiger partial charge < -0.3 is 19.5 Å². The Kier molecular flexibility index (Phi) is 6.80. The molecule has 0 saturated carbocycles. The third-order valence-corrected chi connectivity index (χ3v) is 7.20. The molecule has 7 heteroatoms. The number of nitrogens with zero attached hydrogens (tertiary/aromatic N) is 3. The standard InChI is InChI=1S/C25H32N4O3/c1-3-29(16-24(30)27-11-10-26)25(31)19-5-7-23-21(15-19)20-14-18(4-6-22(20)28(23)2)17-8-12-32-13-9-17/h5,7,15,17-18H,3-4,6,8-9,11-14,16H2,1-2H3,(H,27,30). The summed E-state index contributed by atoms with van der Waals surface area (Å²) in [6.45, 7) is 3.93. The second-order valence-corrected chi connectivity index (χ2v) is 8.92. The molecule has 1 aliphatic heterocycles. The van der Waals surface area contributed by atoms with Crippen LogP contribution in [0, 0.1) is 23.2 Å². The number of amides is 2. The van der Waals surface area contributed by atoms with Crippen LogP contribution in [0.25, 0.3) is 10.9 Å². The molecule has 2 aliphatic rings. The van der Waals surface area contributed by atoms with Crippen LogP contribution in [0.2, 0.25) is 0 Å². The summed E-state index contributed by atoms with van der Waals surface area (Å²) in [5.41, 5.74) is 4.54. The normalized spacial score (nSPS) is 18.7. The highest BCUT2D eigenvalue weighted by Gasteiger charge is 2.31. The van der Waals surface area contributed by atoms with Crippen molar-refractivity contribution < 1.29 is 14.3 Å². The van der Waals surface area contributed by atoms with Gasteiger partial charge in [0.2, 0.25) is 5.91 Å². The van der Waals surface area contributed by atoms with Gasteiger partial charge >= 0.3 is 0 Å². The number of rotatable bonds is 6. The van der Waals surface area contributed by atoms with Gasteiger partial charge in [0.1, 0.15) is 6.54 Å². The average Bonchev–Trinajstić information content (AvgIpc) is 3.12. The number of nitrogens with one attached hydrogen (secondary N) is 1. The first-order chi connectivity index (χ1) is 15.5. The minimum absolute atomic E-state index is 0.0478. The number of likely N-dealkylation sites (N-methyl/N-ethyl adjacent to an activating group) is 1. The van der Waals surface area contributed by atoms with Gasteiger partial charge in [0.15, 0.2) is 0 Å². The molecule has 2 amide bonds. The summed E-state index contributed by atoms with van der Waals surface area (Å²) in [4.78, 5) is 26.7. The minimum atomic E-state index is -0.320. The van der Waals surface area contributed by atoms with Crippen molar-refractivity contribution in [1.29, 1.82) is 5.26 Å². The molecule has 7 nitrogen and oxygen atoms in total. The van der Waals surface area contributed by atoms with Crippen molar-refractivity contribution in [2.45, 2.75) is 39.0 Å². The lowest BCUT2D eigenvalue weighted by Gasteiger charge is -2.33. The zero-order valence-electron chi connectivity index (χ0n) is 19.0. The molecule has 2 heterocycles. The molecule has 2 aromatic rings. The third kappa shape index (κ3) is 4.37. The number of aromatic nitrogens is 1. The van der Waals surface area contributed by atoms with Gasteiger partial charge in [0.05, 0.1) is 12.6 Å². The van der Waals surface area contributed by atoms with Crippen LogP contribution in [0.15, 0.2) is 18.2 Å². The maximum Gasteiger partial charge on any atom is 0.254 e. The van der Waals surface area contributed by atoms with Crippen molar-refractivity contribution in [3.05, 3.63) is 35.0 Å². The van der Waals surface area contributed by atoms with E-state index < -0.39 is 0 Å². The van der Waals surface area contributed by atoms with Crippen LogP contribution in [0.1, 0.15) is 47.8 Å². The summed E-state index contributed by atoms with van der Waals surface area (Å²) in [6, 6.07) is 7.80. The zero-order chi connectivity index (χ0) is 22.7. The predicted molar refractivity (Wildman–Crippen MR) is 122 cm³/mol. The Labute approximate surface area is 189 Å². The van der Waals surface area contributed by atoms with Crippen LogP contribution < -0.4 is 5.32 Å². The number of hydrogen-bond donors (Lipinski definition) is 1. The van der Waals surface area contributed by atoms with E-state index in [1.807, 2.05) is 31.2 Å². The average molecular weight is 437 g/mol. The van der Waals surface area contributed by atoms with Gasteiger partial charge in [-0.3, -0.25) is 9.59 Å². The lowest BCUT2D eigenvalue weighted by atomic mass is 9.75. The van der Waals surface area contributed by atoms with E-state index in [0.29, 0.717) is 18.0 Å². The first-order valence-corrected chi connectivity index (χ1v) is 11.6. The Morgan fingerprint density at radius 3 is 2.75 bits per heavy atom. The quantitative estimate of drug-likeness (QED) is 0.706. The number of nitriles is 1. The van der Waals surface area contributed by atoms with Crippen molar-refractivity contribution in [1.82, 2.24) is 14.8 Å². The zero-order valence-corrected chi connectivity index (χ0v) is 19.0. The number of aryl methyl sites for hydroxylation is 1. The van der Waals surface area contributed by atoms with Gasteiger partial charge in [-0.05, 0) is 74.6 Å². The van der Waals surface area contributed by atoms with Gasteiger partial charge in [-0.1, -0.05) is 0 Å². The van der Waals surface area contributed by atoms with Crippen LogP contribution in [0.3, 0.4) is 0 Å². The highest BCUT2D eigenvalue weighted by atomic mass is 16.5. The summed E-state index contributed by atoms with van der Waals surface area (Å²) in [5, 5.41) is 12.3. The number of fused-ring (bicyclic) bond motifs is 3. The molecule has 1 unspecified atom stereocenters. The molecule has 1 aromatic carbocycles. The Morgan fingerprint density at radius 2 is 2.03 bits per heavy atom. The lowest BCUT2D eigenvalue weighted by molar-refractivity contribution is -0.121. The highest BCUT2D eigenvalue weighted by molar-refractivity contribution is 6.00. The van der Waals surface area contributed by atoms with Gasteiger partial charge in [-0.15, -0.1) is 0 Å². The molecule has 1 N–H and O–H groups in total. The summed E-state index contributed by atoms with van der Waals surface area (Å²) in [6.07, 6.45) is 5.64. The molecule has 1 atom stereocenters. The van der Waals surface area contributed by atoms with E-state index in [2.05, 4.69) is 16.9 Å². The Balaban J connectivity index is 1.59. The lowest BCUT2D eigenvalue weighted by Crippen LogP contribution is -2.40. The Bertz CT molecular complexity index is 1050. The van der Waals surface area contributed by atoms with E-state index in [1.165, 1.54) is 22.6 Å². The SMILES string of the molecule is CCN(CC(=O)NCC#N)C(=O)c1ccc2c(c1)c1c(n2C)CCC(C2CCOCC2)C1. The van der Waals surface area contributed by atoms with E-state index in [0.717, 1.165) is 55.7 Å². The minimum Gasteiger partial charge on any atom is -0.381 e. The van der Waals surface area contributed by atoms with Gasteiger partial charge in [-0.25, -0.2) is 0 Å². The fourth-order valence-electron chi connectivity index (χ4n) is 5.41. The maximum atomic E-state index is 13.2. The first-order valence-electron chi connectivity index (χ1n) is 11.6. The molecule has 170 valence electrons. The summed E-state index contributed by atoms with van der Waals surface area (Å²) < 4.78 is 7.85. The summed E-state index contributed by atoms with van der Waals surface area (Å²) in [7, 11) is 2.12.